The number of carbonyl (C=O) groups is 1. The SMILES string of the molecule is CCc1ccccc1CC(C)(C)C(=O)O. The summed E-state index contributed by atoms with van der Waals surface area (Å²) in [6.07, 6.45) is 1.54. The molecule has 0 amide bonds. The third kappa shape index (κ3) is 2.82. The smallest absolute Gasteiger partial charge is 0.309 e. The largest absolute Gasteiger partial charge is 0.481 e. The van der Waals surface area contributed by atoms with E-state index in [0.29, 0.717) is 6.42 Å². The predicted molar refractivity (Wildman–Crippen MR) is 60.9 cm³/mol. The maximum Gasteiger partial charge on any atom is 0.309 e. The summed E-state index contributed by atoms with van der Waals surface area (Å²) in [5, 5.41) is 9.07. The number of carboxylic acids is 1. The van der Waals surface area contributed by atoms with Gasteiger partial charge in [0.1, 0.15) is 0 Å². The molecule has 82 valence electrons. The summed E-state index contributed by atoms with van der Waals surface area (Å²) in [6, 6.07) is 8.04. The van der Waals surface area contributed by atoms with Crippen molar-refractivity contribution in [2.24, 2.45) is 5.41 Å². The molecule has 0 bridgehead atoms. The van der Waals surface area contributed by atoms with Gasteiger partial charge in [0.05, 0.1) is 5.41 Å². The molecule has 1 aromatic carbocycles. The third-order valence-corrected chi connectivity index (χ3v) is 2.71. The minimum Gasteiger partial charge on any atom is -0.481 e. The molecule has 15 heavy (non-hydrogen) atoms. The van der Waals surface area contributed by atoms with Gasteiger partial charge in [0.25, 0.3) is 0 Å². The topological polar surface area (TPSA) is 37.3 Å². The van der Waals surface area contributed by atoms with E-state index in [9.17, 15) is 4.79 Å². The van der Waals surface area contributed by atoms with Crippen molar-refractivity contribution in [1.29, 1.82) is 0 Å². The lowest BCUT2D eigenvalue weighted by Crippen LogP contribution is -2.26. The fourth-order valence-corrected chi connectivity index (χ4v) is 1.63. The van der Waals surface area contributed by atoms with Crippen LogP contribution in [0.25, 0.3) is 0 Å². The Kier molecular flexibility index (Phi) is 3.51. The highest BCUT2D eigenvalue weighted by Gasteiger charge is 2.27. The highest BCUT2D eigenvalue weighted by Crippen LogP contribution is 2.24. The van der Waals surface area contributed by atoms with E-state index in [2.05, 4.69) is 13.0 Å². The van der Waals surface area contributed by atoms with Gasteiger partial charge in [-0.3, -0.25) is 4.79 Å². The summed E-state index contributed by atoms with van der Waals surface area (Å²) < 4.78 is 0. The lowest BCUT2D eigenvalue weighted by Gasteiger charge is -2.20. The van der Waals surface area contributed by atoms with E-state index in [1.54, 1.807) is 13.8 Å². The van der Waals surface area contributed by atoms with Crippen LogP contribution in [-0.2, 0) is 17.6 Å². The van der Waals surface area contributed by atoms with Gasteiger partial charge in [0.2, 0.25) is 0 Å². The van der Waals surface area contributed by atoms with Crippen LogP contribution in [0.15, 0.2) is 24.3 Å². The molecular weight excluding hydrogens is 188 g/mol. The Balaban J connectivity index is 2.94. The monoisotopic (exact) mass is 206 g/mol. The maximum absolute atomic E-state index is 11.0. The van der Waals surface area contributed by atoms with E-state index in [1.807, 2.05) is 18.2 Å². The minimum atomic E-state index is -0.742. The van der Waals surface area contributed by atoms with E-state index in [-0.39, 0.29) is 0 Å². The minimum absolute atomic E-state index is 0.590. The van der Waals surface area contributed by atoms with Gasteiger partial charge in [0.15, 0.2) is 0 Å². The molecule has 0 saturated heterocycles. The van der Waals surface area contributed by atoms with Gasteiger partial charge in [-0.25, -0.2) is 0 Å². The van der Waals surface area contributed by atoms with Crippen molar-refractivity contribution in [3.05, 3.63) is 35.4 Å². The quantitative estimate of drug-likeness (QED) is 0.822. The van der Waals surface area contributed by atoms with Gasteiger partial charge >= 0.3 is 5.97 Å². The average Bonchev–Trinajstić information content (AvgIpc) is 2.18. The Morgan fingerprint density at radius 1 is 1.27 bits per heavy atom. The fraction of sp³-hybridized carbons (Fsp3) is 0.462. The summed E-state index contributed by atoms with van der Waals surface area (Å²) >= 11 is 0. The summed E-state index contributed by atoms with van der Waals surface area (Å²) in [5.74, 6) is -0.742. The molecule has 0 spiro atoms. The second-order valence-electron chi connectivity index (χ2n) is 4.49. The van der Waals surface area contributed by atoms with Crippen LogP contribution in [0.3, 0.4) is 0 Å². The Labute approximate surface area is 90.9 Å². The van der Waals surface area contributed by atoms with Gasteiger partial charge in [-0.2, -0.15) is 0 Å². The number of hydrogen-bond donors (Lipinski definition) is 1. The first kappa shape index (κ1) is 11.8. The first-order valence-corrected chi connectivity index (χ1v) is 5.27. The number of aliphatic carboxylic acids is 1. The summed E-state index contributed by atoms with van der Waals surface area (Å²) in [4.78, 5) is 11.0. The van der Waals surface area contributed by atoms with Crippen molar-refractivity contribution in [2.75, 3.05) is 0 Å². The Hall–Kier alpha value is -1.31. The lowest BCUT2D eigenvalue weighted by atomic mass is 9.84. The molecule has 0 aliphatic rings. The Bertz CT molecular complexity index is 353. The molecule has 0 aliphatic carbocycles. The van der Waals surface area contributed by atoms with E-state index < -0.39 is 11.4 Å². The molecule has 1 N–H and O–H groups in total. The van der Waals surface area contributed by atoms with Gasteiger partial charge < -0.3 is 5.11 Å². The van der Waals surface area contributed by atoms with E-state index >= 15 is 0 Å². The average molecular weight is 206 g/mol. The standard InChI is InChI=1S/C13H18O2/c1-4-10-7-5-6-8-11(10)9-13(2,3)12(14)15/h5-8H,4,9H2,1-3H3,(H,14,15). The van der Waals surface area contributed by atoms with Crippen molar-refractivity contribution >= 4 is 5.97 Å². The molecule has 0 aromatic heterocycles. The van der Waals surface area contributed by atoms with Crippen LogP contribution in [0.4, 0.5) is 0 Å². The van der Waals surface area contributed by atoms with Gasteiger partial charge in [-0.1, -0.05) is 31.2 Å². The fourth-order valence-electron chi connectivity index (χ4n) is 1.63. The molecule has 0 heterocycles. The molecule has 0 fully saturated rings. The van der Waals surface area contributed by atoms with Crippen molar-refractivity contribution in [3.8, 4) is 0 Å². The molecule has 0 radical (unpaired) electrons. The van der Waals surface area contributed by atoms with E-state index in [1.165, 1.54) is 5.56 Å². The summed E-state index contributed by atoms with van der Waals surface area (Å²) in [6.45, 7) is 5.62. The molecule has 2 heteroatoms. The van der Waals surface area contributed by atoms with Crippen molar-refractivity contribution in [3.63, 3.8) is 0 Å². The molecule has 0 saturated carbocycles. The second kappa shape index (κ2) is 4.47. The first-order valence-electron chi connectivity index (χ1n) is 5.27. The Morgan fingerprint density at radius 3 is 2.27 bits per heavy atom. The summed E-state index contributed by atoms with van der Waals surface area (Å²) in [7, 11) is 0. The second-order valence-corrected chi connectivity index (χ2v) is 4.49. The molecule has 1 rings (SSSR count). The molecular formula is C13H18O2. The number of aryl methyl sites for hydroxylation is 1. The maximum atomic E-state index is 11.0. The van der Waals surface area contributed by atoms with Gasteiger partial charge in [0, 0.05) is 0 Å². The van der Waals surface area contributed by atoms with Crippen molar-refractivity contribution in [1.82, 2.24) is 0 Å². The van der Waals surface area contributed by atoms with Gasteiger partial charge in [-0.15, -0.1) is 0 Å². The predicted octanol–water partition coefficient (Wildman–Crippen LogP) is 2.90. The van der Waals surface area contributed by atoms with E-state index in [0.717, 1.165) is 12.0 Å². The van der Waals surface area contributed by atoms with Crippen LogP contribution in [0.5, 0.6) is 0 Å². The zero-order chi connectivity index (χ0) is 11.5. The number of carboxylic acid groups (broad SMARTS) is 1. The highest BCUT2D eigenvalue weighted by molar-refractivity contribution is 5.74. The summed E-state index contributed by atoms with van der Waals surface area (Å²) in [5.41, 5.74) is 1.70. The van der Waals surface area contributed by atoms with Crippen LogP contribution in [-0.4, -0.2) is 11.1 Å². The molecule has 2 nitrogen and oxygen atoms in total. The number of rotatable bonds is 4. The van der Waals surface area contributed by atoms with Crippen LogP contribution in [0.1, 0.15) is 31.9 Å². The normalized spacial score (nSPS) is 11.4. The zero-order valence-electron chi connectivity index (χ0n) is 9.58. The third-order valence-electron chi connectivity index (χ3n) is 2.71. The van der Waals surface area contributed by atoms with Crippen LogP contribution in [0, 0.1) is 5.41 Å². The molecule has 0 unspecified atom stereocenters. The van der Waals surface area contributed by atoms with E-state index in [4.69, 9.17) is 5.11 Å². The number of hydrogen-bond acceptors (Lipinski definition) is 1. The molecule has 0 atom stereocenters. The van der Waals surface area contributed by atoms with Crippen molar-refractivity contribution < 1.29 is 9.90 Å². The van der Waals surface area contributed by atoms with Crippen LogP contribution >= 0.6 is 0 Å². The van der Waals surface area contributed by atoms with Gasteiger partial charge in [-0.05, 0) is 37.8 Å². The van der Waals surface area contributed by atoms with Crippen LogP contribution in [0.2, 0.25) is 0 Å². The highest BCUT2D eigenvalue weighted by atomic mass is 16.4. The van der Waals surface area contributed by atoms with Crippen LogP contribution < -0.4 is 0 Å². The Morgan fingerprint density at radius 2 is 1.80 bits per heavy atom. The molecule has 0 aliphatic heterocycles. The lowest BCUT2D eigenvalue weighted by molar-refractivity contribution is -0.146. The molecule has 1 aromatic rings. The number of benzene rings is 1. The zero-order valence-corrected chi connectivity index (χ0v) is 9.58. The first-order chi connectivity index (χ1) is 6.97. The van der Waals surface area contributed by atoms with Crippen molar-refractivity contribution in [2.45, 2.75) is 33.6 Å².